The van der Waals surface area contributed by atoms with Gasteiger partial charge in [-0.25, -0.2) is 0 Å². The van der Waals surface area contributed by atoms with Gasteiger partial charge in [-0.3, -0.25) is 0 Å². The molecule has 0 bridgehead atoms. The molecule has 9 N–H and O–H groups in total. The first-order valence-corrected chi connectivity index (χ1v) is 16.9. The Balaban J connectivity index is 1.69. The molecule has 0 unspecified atom stereocenters. The zero-order valence-electron chi connectivity index (χ0n) is 27.6. The number of ketones is 1. The van der Waals surface area contributed by atoms with E-state index in [1.54, 1.807) is 0 Å². The molecule has 3 aliphatic rings. The van der Waals surface area contributed by atoms with Crippen LogP contribution in [0.2, 0.25) is 0 Å². The van der Waals surface area contributed by atoms with Crippen LogP contribution in [0.15, 0.2) is 0 Å². The predicted molar refractivity (Wildman–Crippen MR) is 162 cm³/mol. The maximum Gasteiger partial charge on any atom is 0.187 e. The van der Waals surface area contributed by atoms with E-state index in [0.717, 1.165) is 32.1 Å². The zero-order chi connectivity index (χ0) is 35.4. The molecule has 3 aliphatic heterocycles. The van der Waals surface area contributed by atoms with E-state index in [1.807, 2.05) is 0 Å². The fourth-order valence-corrected chi connectivity index (χ4v) is 5.76. The molecule has 17 nitrogen and oxygen atoms in total. The second kappa shape index (κ2) is 20.8. The summed E-state index contributed by atoms with van der Waals surface area (Å²) in [6.45, 7) is 2.50. The summed E-state index contributed by atoms with van der Waals surface area (Å²) in [6, 6.07) is 0. The molecule has 0 saturated carbocycles. The molecule has 3 saturated heterocycles. The number of Topliss-reactive ketones (excluding diaryl/α,β-unsaturated/α-hetero) is 1. The number of carbonyl (C=O) groups is 1. The van der Waals surface area contributed by atoms with Crippen LogP contribution < -0.4 is 0 Å². The van der Waals surface area contributed by atoms with Crippen LogP contribution in [0, 0.1) is 0 Å². The van der Waals surface area contributed by atoms with Crippen molar-refractivity contribution in [3.63, 3.8) is 0 Å². The summed E-state index contributed by atoms with van der Waals surface area (Å²) in [5.41, 5.74) is 0. The van der Waals surface area contributed by atoms with Crippen LogP contribution >= 0.6 is 0 Å². The Morgan fingerprint density at radius 3 is 1.81 bits per heavy atom. The molecule has 15 atom stereocenters. The number of carbonyl (C=O) groups excluding carboxylic acids is 1. The van der Waals surface area contributed by atoms with Gasteiger partial charge in [0.15, 0.2) is 18.9 Å². The van der Waals surface area contributed by atoms with E-state index in [4.69, 9.17) is 33.2 Å². The average molecular weight is 701 g/mol. The molecule has 282 valence electrons. The van der Waals surface area contributed by atoms with E-state index >= 15 is 0 Å². The van der Waals surface area contributed by atoms with Crippen molar-refractivity contribution in [3.05, 3.63) is 0 Å². The van der Waals surface area contributed by atoms with Crippen molar-refractivity contribution in [1.29, 1.82) is 0 Å². The minimum Gasteiger partial charge on any atom is -0.394 e. The van der Waals surface area contributed by atoms with Crippen molar-refractivity contribution in [2.24, 2.45) is 0 Å². The van der Waals surface area contributed by atoms with E-state index in [2.05, 4.69) is 6.92 Å². The van der Waals surface area contributed by atoms with E-state index in [1.165, 1.54) is 6.92 Å². The molecule has 0 amide bonds. The summed E-state index contributed by atoms with van der Waals surface area (Å²) in [4.78, 5) is 11.2. The van der Waals surface area contributed by atoms with Gasteiger partial charge in [-0.2, -0.15) is 0 Å². The number of unbranched alkanes of at least 4 members (excludes halogenated alkanes) is 5. The van der Waals surface area contributed by atoms with Crippen molar-refractivity contribution in [1.82, 2.24) is 0 Å². The lowest BCUT2D eigenvalue weighted by atomic mass is 9.96. The molecule has 17 heteroatoms. The normalized spacial score (nSPS) is 40.6. The molecule has 0 radical (unpaired) electrons. The van der Waals surface area contributed by atoms with Gasteiger partial charge in [0.1, 0.15) is 79.0 Å². The van der Waals surface area contributed by atoms with Crippen LogP contribution in [-0.2, 0) is 38.0 Å². The molecule has 3 rings (SSSR count). The summed E-state index contributed by atoms with van der Waals surface area (Å²) >= 11 is 0. The van der Waals surface area contributed by atoms with Gasteiger partial charge in [0.05, 0.1) is 19.8 Å². The molecule has 0 aromatic rings. The van der Waals surface area contributed by atoms with Gasteiger partial charge in [0.25, 0.3) is 0 Å². The highest BCUT2D eigenvalue weighted by Gasteiger charge is 2.52. The first kappa shape index (κ1) is 41.5. The highest BCUT2D eigenvalue weighted by Crippen LogP contribution is 2.31. The van der Waals surface area contributed by atoms with Gasteiger partial charge in [-0.1, -0.05) is 39.0 Å². The second-order valence-corrected chi connectivity index (χ2v) is 12.7. The summed E-state index contributed by atoms with van der Waals surface area (Å²) in [6.07, 6.45) is -16.8. The Morgan fingerprint density at radius 1 is 0.583 bits per heavy atom. The van der Waals surface area contributed by atoms with E-state index in [0.29, 0.717) is 19.3 Å². The number of hydrogen-bond acceptors (Lipinski definition) is 17. The summed E-state index contributed by atoms with van der Waals surface area (Å²) < 4.78 is 39.6. The lowest BCUT2D eigenvalue weighted by Gasteiger charge is -2.46. The monoisotopic (exact) mass is 700 g/mol. The Kier molecular flexibility index (Phi) is 17.9. The van der Waals surface area contributed by atoms with Crippen LogP contribution in [0.25, 0.3) is 0 Å². The molecular weight excluding hydrogens is 644 g/mol. The van der Waals surface area contributed by atoms with Crippen LogP contribution in [-0.4, -0.2) is 177 Å². The Morgan fingerprint density at radius 2 is 1.15 bits per heavy atom. The Labute approximate surface area is 280 Å². The summed E-state index contributed by atoms with van der Waals surface area (Å²) in [7, 11) is 0. The lowest BCUT2D eigenvalue weighted by Crippen LogP contribution is -2.65. The molecule has 0 aliphatic carbocycles. The number of hydrogen-bond donors (Lipinski definition) is 9. The third-order valence-corrected chi connectivity index (χ3v) is 8.75. The van der Waals surface area contributed by atoms with Crippen LogP contribution in [0.1, 0.15) is 65.2 Å². The maximum absolute atomic E-state index is 11.3. The average Bonchev–Trinajstić information content (AvgIpc) is 3.06. The van der Waals surface area contributed by atoms with Crippen LogP contribution in [0.5, 0.6) is 0 Å². The molecule has 0 aromatic carbocycles. The van der Waals surface area contributed by atoms with Gasteiger partial charge < -0.3 is 83.9 Å². The Bertz CT molecular complexity index is 912. The van der Waals surface area contributed by atoms with Crippen molar-refractivity contribution in [3.8, 4) is 0 Å². The number of aliphatic hydroxyl groups is 9. The minimum absolute atomic E-state index is 0.0145. The SMILES string of the molecule is CCCCCCCCO[C@@H]1O[C@H](CO[C@H]2O[C@H](CO)[C@@H](O)[C@H](O)[C@@H]2O)[C@@H](O)[C@H](O[C@H]2O[C@H](COCCCC(C)=O)[C@@H](O)[C@H](O)[C@@H]2O)[C@@H]1O. The number of ether oxygens (including phenoxy) is 7. The van der Waals surface area contributed by atoms with Crippen molar-refractivity contribution >= 4 is 5.78 Å². The lowest BCUT2D eigenvalue weighted by molar-refractivity contribution is -0.366. The first-order chi connectivity index (χ1) is 22.9. The maximum atomic E-state index is 11.3. The summed E-state index contributed by atoms with van der Waals surface area (Å²) in [5, 5.41) is 94.2. The highest BCUT2D eigenvalue weighted by atomic mass is 16.7. The molecule has 3 heterocycles. The smallest absolute Gasteiger partial charge is 0.187 e. The van der Waals surface area contributed by atoms with Gasteiger partial charge in [-0.15, -0.1) is 0 Å². The van der Waals surface area contributed by atoms with E-state index in [-0.39, 0.29) is 25.6 Å². The molecule has 3 fully saturated rings. The number of aliphatic hydroxyl groups excluding tert-OH is 9. The van der Waals surface area contributed by atoms with E-state index < -0.39 is 105 Å². The van der Waals surface area contributed by atoms with Gasteiger partial charge in [0, 0.05) is 19.6 Å². The zero-order valence-corrected chi connectivity index (χ0v) is 27.6. The molecule has 0 spiro atoms. The van der Waals surface area contributed by atoms with Crippen LogP contribution in [0.3, 0.4) is 0 Å². The summed E-state index contributed by atoms with van der Waals surface area (Å²) in [5.74, 6) is -0.0145. The van der Waals surface area contributed by atoms with Crippen molar-refractivity contribution in [2.75, 3.05) is 33.0 Å². The second-order valence-electron chi connectivity index (χ2n) is 12.7. The quantitative estimate of drug-likeness (QED) is 0.0581. The fraction of sp³-hybridized carbons (Fsp3) is 0.968. The number of rotatable bonds is 20. The predicted octanol–water partition coefficient (Wildman–Crippen LogP) is -2.79. The largest absolute Gasteiger partial charge is 0.394 e. The van der Waals surface area contributed by atoms with Gasteiger partial charge >= 0.3 is 0 Å². The molecule has 48 heavy (non-hydrogen) atoms. The molecule has 0 aromatic heterocycles. The van der Waals surface area contributed by atoms with E-state index in [9.17, 15) is 50.8 Å². The standard InChI is InChI=1S/C31H56O17/c1-3-4-5-6-7-8-12-43-30-27(41)28(22(36)19(46-30)15-44-29-25(39)23(37)20(34)17(13-32)45-29)48-31-26(40)24(38)21(35)18(47-31)14-42-11-9-10-16(2)33/h17-32,34-41H,3-15H2,1-2H3/t17-,18-,19-,20-,21-,22-,23+,24+,25+,26+,27+,28+,29+,30-,31-/m1/s1. The van der Waals surface area contributed by atoms with Gasteiger partial charge in [0.2, 0.25) is 0 Å². The third kappa shape index (κ3) is 11.5. The van der Waals surface area contributed by atoms with Crippen molar-refractivity contribution < 1.29 is 83.9 Å². The third-order valence-electron chi connectivity index (χ3n) is 8.75. The minimum atomic E-state index is -1.80. The first-order valence-electron chi connectivity index (χ1n) is 16.9. The van der Waals surface area contributed by atoms with Crippen molar-refractivity contribution in [2.45, 2.75) is 157 Å². The topological polar surface area (TPSA) is 264 Å². The van der Waals surface area contributed by atoms with Gasteiger partial charge in [-0.05, 0) is 19.8 Å². The fourth-order valence-electron chi connectivity index (χ4n) is 5.76. The van der Waals surface area contributed by atoms with Crippen LogP contribution in [0.4, 0.5) is 0 Å². The highest BCUT2D eigenvalue weighted by molar-refractivity contribution is 5.75. The Hall–Kier alpha value is -0.970. The molecular formula is C31H56O17.